The van der Waals surface area contributed by atoms with E-state index < -0.39 is 5.97 Å². The summed E-state index contributed by atoms with van der Waals surface area (Å²) in [5, 5.41) is 9.49. The van der Waals surface area contributed by atoms with Crippen LogP contribution in [-0.4, -0.2) is 34.6 Å². The number of carboxylic acids is 1. The number of hydrogen-bond acceptors (Lipinski definition) is 2. The number of nitrogens with zero attached hydrogens (tertiary/aromatic N) is 1. The normalized spacial score (nSPS) is 24.6. The van der Waals surface area contributed by atoms with Crippen molar-refractivity contribution in [3.05, 3.63) is 35.4 Å². The smallest absolute Gasteiger partial charge is 0.308 e. The van der Waals surface area contributed by atoms with Gasteiger partial charge >= 0.3 is 5.97 Å². The van der Waals surface area contributed by atoms with Crippen molar-refractivity contribution in [3.63, 3.8) is 0 Å². The first kappa shape index (κ1) is 14.1. The lowest BCUT2D eigenvalue weighted by Crippen LogP contribution is -2.40. The van der Waals surface area contributed by atoms with Crippen LogP contribution in [0.25, 0.3) is 0 Å². The molecule has 0 radical (unpaired) electrons. The summed E-state index contributed by atoms with van der Waals surface area (Å²) in [6.07, 6.45) is 0. The van der Waals surface area contributed by atoms with Gasteiger partial charge in [-0.3, -0.25) is 9.69 Å². The maximum absolute atomic E-state index is 11.5. The highest BCUT2D eigenvalue weighted by Crippen LogP contribution is 2.37. The molecule has 3 nitrogen and oxygen atoms in total. The fourth-order valence-electron chi connectivity index (χ4n) is 2.92. The van der Waals surface area contributed by atoms with Crippen molar-refractivity contribution in [2.45, 2.75) is 39.2 Å². The summed E-state index contributed by atoms with van der Waals surface area (Å²) in [4.78, 5) is 13.8. The standard InChI is InChI=1S/C16H23NO2/c1-11-7-5-6-8-12(11)13-9-17(16(2,3)4)10-14(13)15(18)19/h5-8,13-14H,9-10H2,1-4H3,(H,18,19)/t13-,14+/m0/s1. The Bertz CT molecular complexity index is 476. The molecule has 1 aliphatic rings. The van der Waals surface area contributed by atoms with Crippen molar-refractivity contribution in [3.8, 4) is 0 Å². The van der Waals surface area contributed by atoms with E-state index in [-0.39, 0.29) is 17.4 Å². The predicted molar refractivity (Wildman–Crippen MR) is 76.4 cm³/mol. The molecule has 0 aliphatic carbocycles. The Hall–Kier alpha value is -1.35. The van der Waals surface area contributed by atoms with Gasteiger partial charge in [-0.05, 0) is 38.8 Å². The molecule has 0 bridgehead atoms. The summed E-state index contributed by atoms with van der Waals surface area (Å²) in [5.74, 6) is -0.891. The van der Waals surface area contributed by atoms with Crippen LogP contribution < -0.4 is 0 Å². The summed E-state index contributed by atoms with van der Waals surface area (Å²) in [6, 6.07) is 8.14. The number of benzene rings is 1. The van der Waals surface area contributed by atoms with Crippen LogP contribution in [-0.2, 0) is 4.79 Å². The SMILES string of the molecule is Cc1ccccc1[C@@H]1CN(C(C)(C)C)C[C@H]1C(=O)O. The maximum atomic E-state index is 11.5. The third-order valence-corrected chi connectivity index (χ3v) is 4.17. The fourth-order valence-corrected chi connectivity index (χ4v) is 2.92. The molecule has 0 unspecified atom stereocenters. The number of carbonyl (C=O) groups is 1. The van der Waals surface area contributed by atoms with Gasteiger partial charge in [0.05, 0.1) is 5.92 Å². The Balaban J connectivity index is 2.33. The van der Waals surface area contributed by atoms with E-state index >= 15 is 0 Å². The number of likely N-dealkylation sites (tertiary alicyclic amines) is 1. The van der Waals surface area contributed by atoms with E-state index in [0.29, 0.717) is 6.54 Å². The zero-order valence-electron chi connectivity index (χ0n) is 12.2. The summed E-state index contributed by atoms with van der Waals surface area (Å²) >= 11 is 0. The molecule has 0 saturated carbocycles. The van der Waals surface area contributed by atoms with Gasteiger partial charge in [-0.25, -0.2) is 0 Å². The zero-order chi connectivity index (χ0) is 14.2. The van der Waals surface area contributed by atoms with E-state index in [4.69, 9.17) is 0 Å². The second kappa shape index (κ2) is 4.97. The van der Waals surface area contributed by atoms with E-state index in [2.05, 4.69) is 44.7 Å². The zero-order valence-corrected chi connectivity index (χ0v) is 12.2. The first-order valence-corrected chi connectivity index (χ1v) is 6.84. The Morgan fingerprint density at radius 2 is 1.89 bits per heavy atom. The van der Waals surface area contributed by atoms with Crippen molar-refractivity contribution in [2.24, 2.45) is 5.92 Å². The van der Waals surface area contributed by atoms with Crippen LogP contribution in [0.4, 0.5) is 0 Å². The number of carboxylic acid groups (broad SMARTS) is 1. The minimum atomic E-state index is -0.681. The lowest BCUT2D eigenvalue weighted by molar-refractivity contribution is -0.141. The Labute approximate surface area is 115 Å². The molecule has 19 heavy (non-hydrogen) atoms. The molecule has 1 heterocycles. The molecule has 1 saturated heterocycles. The molecule has 1 aromatic rings. The summed E-state index contributed by atoms with van der Waals surface area (Å²) in [6.45, 7) is 9.96. The molecular weight excluding hydrogens is 238 g/mol. The van der Waals surface area contributed by atoms with Crippen molar-refractivity contribution in [2.75, 3.05) is 13.1 Å². The Kier molecular flexibility index (Phi) is 3.68. The first-order valence-electron chi connectivity index (χ1n) is 6.84. The quantitative estimate of drug-likeness (QED) is 0.890. The molecule has 104 valence electrons. The summed E-state index contributed by atoms with van der Waals surface area (Å²) < 4.78 is 0. The third-order valence-electron chi connectivity index (χ3n) is 4.17. The molecule has 2 atom stereocenters. The summed E-state index contributed by atoms with van der Waals surface area (Å²) in [7, 11) is 0. The maximum Gasteiger partial charge on any atom is 0.308 e. The lowest BCUT2D eigenvalue weighted by atomic mass is 9.86. The minimum absolute atomic E-state index is 0.0190. The lowest BCUT2D eigenvalue weighted by Gasteiger charge is -2.31. The van der Waals surface area contributed by atoms with Crippen molar-refractivity contribution >= 4 is 5.97 Å². The highest BCUT2D eigenvalue weighted by atomic mass is 16.4. The van der Waals surface area contributed by atoms with Crippen molar-refractivity contribution in [1.82, 2.24) is 4.90 Å². The monoisotopic (exact) mass is 261 g/mol. The second-order valence-electron chi connectivity index (χ2n) is 6.48. The molecule has 0 aromatic heterocycles. The average molecular weight is 261 g/mol. The van der Waals surface area contributed by atoms with Gasteiger partial charge in [0.25, 0.3) is 0 Å². The van der Waals surface area contributed by atoms with E-state index in [1.165, 1.54) is 11.1 Å². The van der Waals surface area contributed by atoms with Gasteiger partial charge in [-0.1, -0.05) is 24.3 Å². The molecule has 2 rings (SSSR count). The fraction of sp³-hybridized carbons (Fsp3) is 0.562. The predicted octanol–water partition coefficient (Wildman–Crippen LogP) is 2.89. The van der Waals surface area contributed by atoms with Gasteiger partial charge in [0.1, 0.15) is 0 Å². The van der Waals surface area contributed by atoms with Gasteiger partial charge in [0.15, 0.2) is 0 Å². The van der Waals surface area contributed by atoms with Gasteiger partial charge in [0, 0.05) is 24.5 Å². The van der Waals surface area contributed by atoms with Gasteiger partial charge in [-0.2, -0.15) is 0 Å². The average Bonchev–Trinajstić information content (AvgIpc) is 2.74. The summed E-state index contributed by atoms with van der Waals surface area (Å²) in [5.41, 5.74) is 2.39. The van der Waals surface area contributed by atoms with Crippen LogP contribution in [0, 0.1) is 12.8 Å². The number of hydrogen-bond donors (Lipinski definition) is 1. The van der Waals surface area contributed by atoms with Gasteiger partial charge in [0.2, 0.25) is 0 Å². The van der Waals surface area contributed by atoms with Gasteiger partial charge < -0.3 is 5.11 Å². The van der Waals surface area contributed by atoms with Crippen LogP contribution in [0.3, 0.4) is 0 Å². The van der Waals surface area contributed by atoms with Crippen LogP contribution in [0.5, 0.6) is 0 Å². The Morgan fingerprint density at radius 3 is 2.42 bits per heavy atom. The van der Waals surface area contributed by atoms with E-state index in [1.54, 1.807) is 0 Å². The van der Waals surface area contributed by atoms with Crippen molar-refractivity contribution in [1.29, 1.82) is 0 Å². The number of aryl methyl sites for hydroxylation is 1. The Morgan fingerprint density at radius 1 is 1.26 bits per heavy atom. The number of aliphatic carboxylic acids is 1. The van der Waals surface area contributed by atoms with E-state index in [1.807, 2.05) is 12.1 Å². The first-order chi connectivity index (χ1) is 8.80. The highest BCUT2D eigenvalue weighted by Gasteiger charge is 2.42. The topological polar surface area (TPSA) is 40.5 Å². The number of rotatable bonds is 2. The molecule has 1 aliphatic heterocycles. The molecular formula is C16H23NO2. The van der Waals surface area contributed by atoms with Crippen molar-refractivity contribution < 1.29 is 9.90 Å². The van der Waals surface area contributed by atoms with E-state index in [9.17, 15) is 9.90 Å². The molecule has 0 amide bonds. The highest BCUT2D eigenvalue weighted by molar-refractivity contribution is 5.72. The molecule has 0 spiro atoms. The van der Waals surface area contributed by atoms with Crippen LogP contribution in [0.1, 0.15) is 37.8 Å². The van der Waals surface area contributed by atoms with Crippen LogP contribution >= 0.6 is 0 Å². The largest absolute Gasteiger partial charge is 0.481 e. The third kappa shape index (κ3) is 2.81. The molecule has 1 aromatic carbocycles. The second-order valence-corrected chi connectivity index (χ2v) is 6.48. The molecule has 1 fully saturated rings. The van der Waals surface area contributed by atoms with Crippen LogP contribution in [0.2, 0.25) is 0 Å². The van der Waals surface area contributed by atoms with Crippen LogP contribution in [0.15, 0.2) is 24.3 Å². The van der Waals surface area contributed by atoms with E-state index in [0.717, 1.165) is 6.54 Å². The molecule has 3 heteroatoms. The minimum Gasteiger partial charge on any atom is -0.481 e. The molecule has 1 N–H and O–H groups in total. The van der Waals surface area contributed by atoms with Gasteiger partial charge in [-0.15, -0.1) is 0 Å².